The van der Waals surface area contributed by atoms with Crippen LogP contribution in [-0.4, -0.2) is 38.0 Å². The van der Waals surface area contributed by atoms with Crippen LogP contribution >= 0.6 is 0 Å². The smallest absolute Gasteiger partial charge is 0.254 e. The lowest BCUT2D eigenvalue weighted by Gasteiger charge is -2.09. The van der Waals surface area contributed by atoms with Crippen LogP contribution in [0.1, 0.15) is 23.2 Å². The summed E-state index contributed by atoms with van der Waals surface area (Å²) in [4.78, 5) is 13.6. The van der Waals surface area contributed by atoms with E-state index in [1.54, 1.807) is 0 Å². The number of hydrogen-bond acceptors (Lipinski definition) is 2. The van der Waals surface area contributed by atoms with Crippen LogP contribution in [0.4, 0.5) is 8.78 Å². The van der Waals surface area contributed by atoms with Crippen molar-refractivity contribution in [3.05, 3.63) is 35.4 Å². The average molecular weight is 256 g/mol. The van der Waals surface area contributed by atoms with Crippen LogP contribution in [0.5, 0.6) is 0 Å². The Hall–Kier alpha value is -1.49. The maximum absolute atomic E-state index is 13.3. The van der Waals surface area contributed by atoms with E-state index in [0.717, 1.165) is 25.5 Å². The van der Waals surface area contributed by atoms with Crippen molar-refractivity contribution >= 4 is 5.91 Å². The molecule has 0 saturated carbocycles. The van der Waals surface area contributed by atoms with E-state index in [9.17, 15) is 13.6 Å². The molecule has 1 aromatic rings. The fourth-order valence-corrected chi connectivity index (χ4v) is 1.53. The van der Waals surface area contributed by atoms with Crippen LogP contribution in [0.25, 0.3) is 0 Å². The maximum atomic E-state index is 13.3. The zero-order valence-corrected chi connectivity index (χ0v) is 10.7. The van der Waals surface area contributed by atoms with Crippen molar-refractivity contribution in [3.63, 3.8) is 0 Å². The molecule has 18 heavy (non-hydrogen) atoms. The van der Waals surface area contributed by atoms with E-state index in [-0.39, 0.29) is 5.56 Å². The number of carbonyl (C=O) groups is 1. The monoisotopic (exact) mass is 256 g/mol. The number of unbranched alkanes of at least 4 members (excludes halogenated alkanes) is 1. The van der Waals surface area contributed by atoms with Crippen LogP contribution < -0.4 is 5.32 Å². The van der Waals surface area contributed by atoms with Crippen molar-refractivity contribution in [2.24, 2.45) is 0 Å². The molecule has 5 heteroatoms. The van der Waals surface area contributed by atoms with E-state index in [0.29, 0.717) is 6.54 Å². The molecule has 1 rings (SSSR count). The molecule has 0 bridgehead atoms. The number of nitrogens with one attached hydrogen (secondary N) is 1. The second-order valence-corrected chi connectivity index (χ2v) is 4.37. The molecule has 0 spiro atoms. The summed E-state index contributed by atoms with van der Waals surface area (Å²) in [7, 11) is 3.95. The molecule has 0 aromatic heterocycles. The third-order valence-corrected chi connectivity index (χ3v) is 2.51. The summed E-state index contributed by atoms with van der Waals surface area (Å²) in [6.45, 7) is 1.40. The fourth-order valence-electron chi connectivity index (χ4n) is 1.53. The van der Waals surface area contributed by atoms with Gasteiger partial charge in [-0.2, -0.15) is 0 Å². The van der Waals surface area contributed by atoms with E-state index in [1.807, 2.05) is 19.0 Å². The molecular formula is C13H18F2N2O. The second-order valence-electron chi connectivity index (χ2n) is 4.37. The highest BCUT2D eigenvalue weighted by atomic mass is 19.2. The maximum Gasteiger partial charge on any atom is 0.254 e. The Balaban J connectivity index is 2.39. The highest BCUT2D eigenvalue weighted by Gasteiger charge is 2.14. The summed E-state index contributed by atoms with van der Waals surface area (Å²) in [5.41, 5.74) is -0.248. The zero-order valence-electron chi connectivity index (χ0n) is 10.7. The Morgan fingerprint density at radius 1 is 1.28 bits per heavy atom. The Morgan fingerprint density at radius 3 is 2.67 bits per heavy atom. The molecule has 1 amide bonds. The predicted octanol–water partition coefficient (Wildman–Crippen LogP) is 2.04. The van der Waals surface area contributed by atoms with Gasteiger partial charge in [0.05, 0.1) is 5.56 Å². The van der Waals surface area contributed by atoms with Crippen molar-refractivity contribution in [2.75, 3.05) is 27.2 Å². The molecule has 0 saturated heterocycles. The molecule has 0 heterocycles. The molecule has 0 aliphatic heterocycles. The van der Waals surface area contributed by atoms with Gasteiger partial charge in [-0.15, -0.1) is 0 Å². The van der Waals surface area contributed by atoms with Crippen molar-refractivity contribution in [1.82, 2.24) is 10.2 Å². The summed E-state index contributed by atoms with van der Waals surface area (Å²) in [6, 6.07) is 3.58. The van der Waals surface area contributed by atoms with E-state index >= 15 is 0 Å². The van der Waals surface area contributed by atoms with Gasteiger partial charge in [0, 0.05) is 6.54 Å². The molecule has 0 aliphatic rings. The van der Waals surface area contributed by atoms with Crippen LogP contribution in [0.3, 0.4) is 0 Å². The molecule has 1 N–H and O–H groups in total. The largest absolute Gasteiger partial charge is 0.352 e. The highest BCUT2D eigenvalue weighted by molar-refractivity contribution is 5.94. The molecule has 0 radical (unpaired) electrons. The van der Waals surface area contributed by atoms with Gasteiger partial charge in [-0.25, -0.2) is 8.78 Å². The Labute approximate surface area is 106 Å². The van der Waals surface area contributed by atoms with Gasteiger partial charge < -0.3 is 10.2 Å². The van der Waals surface area contributed by atoms with Crippen LogP contribution in [-0.2, 0) is 0 Å². The van der Waals surface area contributed by atoms with E-state index in [2.05, 4.69) is 5.32 Å². The number of amides is 1. The lowest BCUT2D eigenvalue weighted by Crippen LogP contribution is -2.26. The lowest BCUT2D eigenvalue weighted by molar-refractivity contribution is 0.0947. The Kier molecular flexibility index (Phi) is 5.71. The molecule has 0 aliphatic carbocycles. The molecular weight excluding hydrogens is 238 g/mol. The van der Waals surface area contributed by atoms with Crippen molar-refractivity contribution in [2.45, 2.75) is 12.8 Å². The van der Waals surface area contributed by atoms with Crippen molar-refractivity contribution in [1.29, 1.82) is 0 Å². The van der Waals surface area contributed by atoms with Gasteiger partial charge in [-0.3, -0.25) is 4.79 Å². The first-order valence-corrected chi connectivity index (χ1v) is 5.89. The van der Waals surface area contributed by atoms with Crippen molar-refractivity contribution in [3.8, 4) is 0 Å². The number of rotatable bonds is 6. The normalized spacial score (nSPS) is 10.7. The summed E-state index contributed by atoms with van der Waals surface area (Å²) in [5.74, 6) is -2.67. The predicted molar refractivity (Wildman–Crippen MR) is 66.5 cm³/mol. The molecule has 1 aromatic carbocycles. The SMILES string of the molecule is CN(C)CCCCNC(=O)c1cccc(F)c1F. The molecule has 0 fully saturated rings. The zero-order chi connectivity index (χ0) is 13.5. The highest BCUT2D eigenvalue weighted by Crippen LogP contribution is 2.10. The van der Waals surface area contributed by atoms with E-state index in [1.165, 1.54) is 12.1 Å². The number of benzene rings is 1. The van der Waals surface area contributed by atoms with Gasteiger partial charge in [0.15, 0.2) is 11.6 Å². The lowest BCUT2D eigenvalue weighted by atomic mass is 10.2. The first-order chi connectivity index (χ1) is 8.52. The third kappa shape index (κ3) is 4.41. The Bertz CT molecular complexity index is 408. The first kappa shape index (κ1) is 14.6. The minimum Gasteiger partial charge on any atom is -0.352 e. The van der Waals surface area contributed by atoms with Gasteiger partial charge in [0.2, 0.25) is 0 Å². The number of halogens is 2. The van der Waals surface area contributed by atoms with E-state index in [4.69, 9.17) is 0 Å². The van der Waals surface area contributed by atoms with Crippen LogP contribution in [0.15, 0.2) is 18.2 Å². The van der Waals surface area contributed by atoms with Gasteiger partial charge in [0.1, 0.15) is 0 Å². The van der Waals surface area contributed by atoms with Gasteiger partial charge in [-0.1, -0.05) is 6.07 Å². The summed E-state index contributed by atoms with van der Waals surface area (Å²) >= 11 is 0. The molecule has 3 nitrogen and oxygen atoms in total. The molecule has 0 unspecified atom stereocenters. The van der Waals surface area contributed by atoms with Gasteiger partial charge in [-0.05, 0) is 45.6 Å². The van der Waals surface area contributed by atoms with Gasteiger partial charge >= 0.3 is 0 Å². The third-order valence-electron chi connectivity index (χ3n) is 2.51. The number of carbonyl (C=O) groups excluding carboxylic acids is 1. The molecule has 0 atom stereocenters. The average Bonchev–Trinajstić information content (AvgIpc) is 2.31. The quantitative estimate of drug-likeness (QED) is 0.790. The number of hydrogen-bond donors (Lipinski definition) is 1. The summed E-state index contributed by atoms with van der Waals surface area (Å²) in [5, 5.41) is 2.58. The standard InChI is InChI=1S/C13H18F2N2O/c1-17(2)9-4-3-8-16-13(18)10-6-5-7-11(14)12(10)15/h5-7H,3-4,8-9H2,1-2H3,(H,16,18). The number of nitrogens with zero attached hydrogens (tertiary/aromatic N) is 1. The van der Waals surface area contributed by atoms with Crippen molar-refractivity contribution < 1.29 is 13.6 Å². The summed E-state index contributed by atoms with van der Waals surface area (Å²) in [6.07, 6.45) is 1.75. The second kappa shape index (κ2) is 7.06. The van der Waals surface area contributed by atoms with E-state index < -0.39 is 17.5 Å². The van der Waals surface area contributed by atoms with Gasteiger partial charge in [0.25, 0.3) is 5.91 Å². The minimum absolute atomic E-state index is 0.248. The Morgan fingerprint density at radius 2 is 2.00 bits per heavy atom. The van der Waals surface area contributed by atoms with Crippen LogP contribution in [0, 0.1) is 11.6 Å². The topological polar surface area (TPSA) is 32.3 Å². The summed E-state index contributed by atoms with van der Waals surface area (Å²) < 4.78 is 26.2. The fraction of sp³-hybridized carbons (Fsp3) is 0.462. The van der Waals surface area contributed by atoms with Crippen LogP contribution in [0.2, 0.25) is 0 Å². The molecule has 100 valence electrons. The minimum atomic E-state index is -1.09. The first-order valence-electron chi connectivity index (χ1n) is 5.89.